The van der Waals surface area contributed by atoms with Crippen molar-refractivity contribution in [3.05, 3.63) is 82.9 Å². The summed E-state index contributed by atoms with van der Waals surface area (Å²) < 4.78 is 0. The van der Waals surface area contributed by atoms with Gasteiger partial charge in [0.1, 0.15) is 5.70 Å². The van der Waals surface area contributed by atoms with Crippen molar-refractivity contribution in [1.82, 2.24) is 10.3 Å². The number of nitrogens with zero attached hydrogens (tertiary/aromatic N) is 3. The van der Waals surface area contributed by atoms with Gasteiger partial charge in [-0.2, -0.15) is 0 Å². The summed E-state index contributed by atoms with van der Waals surface area (Å²) in [6, 6.07) is 22.3. The van der Waals surface area contributed by atoms with Gasteiger partial charge in [-0.1, -0.05) is 92.2 Å². The smallest absolute Gasteiger partial charge is 0.276 e. The number of amides is 1. The lowest BCUT2D eigenvalue weighted by Crippen LogP contribution is -2.50. The number of hydrazone groups is 1. The quantitative estimate of drug-likeness (QED) is 0.627. The number of fused-ring (bicyclic) bond motifs is 3. The van der Waals surface area contributed by atoms with Crippen molar-refractivity contribution < 1.29 is 4.79 Å². The van der Waals surface area contributed by atoms with Gasteiger partial charge in [0.25, 0.3) is 5.91 Å². The van der Waals surface area contributed by atoms with E-state index in [4.69, 9.17) is 10.1 Å². The van der Waals surface area contributed by atoms with Crippen molar-refractivity contribution in [1.29, 1.82) is 0 Å². The van der Waals surface area contributed by atoms with Crippen molar-refractivity contribution in [2.45, 2.75) is 32.4 Å². The van der Waals surface area contributed by atoms with Gasteiger partial charge in [0.2, 0.25) is 0 Å². The second-order valence-corrected chi connectivity index (χ2v) is 8.78. The lowest BCUT2D eigenvalue weighted by Gasteiger charge is -2.34. The van der Waals surface area contributed by atoms with Gasteiger partial charge in [-0.05, 0) is 23.3 Å². The Labute approximate surface area is 185 Å². The third kappa shape index (κ3) is 3.72. The Morgan fingerprint density at radius 2 is 1.81 bits per heavy atom. The van der Waals surface area contributed by atoms with Crippen LogP contribution in [0.25, 0.3) is 16.5 Å². The lowest BCUT2D eigenvalue weighted by molar-refractivity contribution is -0.116. The van der Waals surface area contributed by atoms with E-state index in [9.17, 15) is 4.79 Å². The number of amidine groups is 1. The van der Waals surface area contributed by atoms with Crippen LogP contribution >= 0.6 is 11.8 Å². The number of para-hydroxylation sites is 1. The molecule has 2 aliphatic rings. The second-order valence-electron chi connectivity index (χ2n) is 7.70. The van der Waals surface area contributed by atoms with Crippen LogP contribution in [0.15, 0.2) is 76.8 Å². The maximum Gasteiger partial charge on any atom is 0.276 e. The van der Waals surface area contributed by atoms with Gasteiger partial charge in [0.05, 0.1) is 5.36 Å². The van der Waals surface area contributed by atoms with E-state index >= 15 is 0 Å². The van der Waals surface area contributed by atoms with E-state index in [2.05, 4.69) is 36.5 Å². The van der Waals surface area contributed by atoms with Gasteiger partial charge in [-0.15, -0.1) is 5.10 Å². The summed E-state index contributed by atoms with van der Waals surface area (Å²) in [6.07, 6.45) is 3.05. The molecule has 5 rings (SSSR count). The van der Waals surface area contributed by atoms with Crippen LogP contribution in [0.5, 0.6) is 0 Å². The summed E-state index contributed by atoms with van der Waals surface area (Å²) in [5.74, 6) is 0.809. The Hall–Kier alpha value is -3.12. The lowest BCUT2D eigenvalue weighted by atomic mass is 10.0. The van der Waals surface area contributed by atoms with Crippen LogP contribution in [0.1, 0.15) is 37.9 Å². The van der Waals surface area contributed by atoms with Crippen molar-refractivity contribution in [3.8, 4) is 0 Å². The van der Waals surface area contributed by atoms with Gasteiger partial charge in [-0.25, -0.2) is 5.01 Å². The Morgan fingerprint density at radius 1 is 1.00 bits per heavy atom. The Bertz CT molecular complexity index is 1290. The van der Waals surface area contributed by atoms with Gasteiger partial charge in [0.15, 0.2) is 11.3 Å². The molecule has 2 heterocycles. The molecule has 0 bridgehead atoms. The van der Waals surface area contributed by atoms with E-state index in [1.54, 1.807) is 11.8 Å². The third-order valence-electron chi connectivity index (χ3n) is 5.60. The van der Waals surface area contributed by atoms with E-state index in [-0.39, 0.29) is 5.91 Å². The van der Waals surface area contributed by atoms with Crippen LogP contribution in [0.3, 0.4) is 0 Å². The molecule has 1 N–H and O–H groups in total. The van der Waals surface area contributed by atoms with E-state index in [1.807, 2.05) is 47.5 Å². The fourth-order valence-electron chi connectivity index (χ4n) is 4.09. The zero-order valence-electron chi connectivity index (χ0n) is 17.4. The normalized spacial score (nSPS) is 17.5. The molecule has 3 aromatic rings. The number of hydrogen-bond donors (Lipinski definition) is 1. The van der Waals surface area contributed by atoms with Crippen molar-refractivity contribution in [3.63, 3.8) is 0 Å². The molecule has 0 spiro atoms. The van der Waals surface area contributed by atoms with Crippen LogP contribution < -0.4 is 15.9 Å². The largest absolute Gasteiger partial charge is 0.298 e. The van der Waals surface area contributed by atoms with Gasteiger partial charge < -0.3 is 0 Å². The first-order valence-electron chi connectivity index (χ1n) is 10.7. The minimum Gasteiger partial charge on any atom is -0.298 e. The van der Waals surface area contributed by atoms with Gasteiger partial charge in [-0.3, -0.25) is 15.1 Å². The van der Waals surface area contributed by atoms with Crippen LogP contribution in [-0.4, -0.2) is 21.8 Å². The first-order valence-corrected chi connectivity index (χ1v) is 11.7. The summed E-state index contributed by atoms with van der Waals surface area (Å²) in [6.45, 7) is 2.19. The Balaban J connectivity index is 1.65. The Kier molecular flexibility index (Phi) is 5.47. The molecule has 0 fully saturated rings. The maximum absolute atomic E-state index is 13.2. The average molecular weight is 429 g/mol. The minimum atomic E-state index is -0.395. The highest BCUT2D eigenvalue weighted by Gasteiger charge is 2.34. The van der Waals surface area contributed by atoms with E-state index in [0.717, 1.165) is 39.1 Å². The maximum atomic E-state index is 13.2. The van der Waals surface area contributed by atoms with Crippen molar-refractivity contribution in [2.24, 2.45) is 10.1 Å². The summed E-state index contributed by atoms with van der Waals surface area (Å²) in [5.41, 5.74) is 1.60. The molecule has 31 heavy (non-hydrogen) atoms. The SMILES string of the molecule is CCCCCSC1=NN2C(=c3ccccc3=N[C@@H]2c2cccc3ccccc23)C(=O)N1. The minimum absolute atomic E-state index is 0.124. The topological polar surface area (TPSA) is 57.1 Å². The average Bonchev–Trinajstić information content (AvgIpc) is 2.81. The molecule has 0 saturated heterocycles. The van der Waals surface area contributed by atoms with Crippen LogP contribution in [0.4, 0.5) is 0 Å². The number of hydrogen-bond acceptors (Lipinski definition) is 5. The second kappa shape index (κ2) is 8.55. The predicted octanol–water partition coefficient (Wildman–Crippen LogP) is 3.91. The summed E-state index contributed by atoms with van der Waals surface area (Å²) in [7, 11) is 0. The molecule has 0 saturated carbocycles. The highest BCUT2D eigenvalue weighted by Crippen LogP contribution is 2.34. The van der Waals surface area contributed by atoms with Crippen LogP contribution in [0, 0.1) is 0 Å². The van der Waals surface area contributed by atoms with Gasteiger partial charge >= 0.3 is 0 Å². The number of nitrogens with one attached hydrogen (secondary N) is 1. The van der Waals surface area contributed by atoms with Crippen molar-refractivity contribution in [2.75, 3.05) is 5.75 Å². The first-order chi connectivity index (χ1) is 15.3. The summed E-state index contributed by atoms with van der Waals surface area (Å²) in [5, 5.41) is 14.2. The monoisotopic (exact) mass is 428 g/mol. The third-order valence-corrected chi connectivity index (χ3v) is 6.55. The highest BCUT2D eigenvalue weighted by atomic mass is 32.2. The molecule has 0 aliphatic carbocycles. The standard InChI is InChI=1S/C25H24N4OS/c1-2-3-8-16-31-25-27-24(30)22-20-13-6-7-15-21(20)26-23(29(22)28-25)19-14-9-11-17-10-4-5-12-18(17)19/h4-7,9-15,23H,2-3,8,16H2,1H3,(H,27,28,30)/t23-/m0/s1. The number of unbranched alkanes of at least 4 members (excludes halogenated alkanes) is 2. The van der Waals surface area contributed by atoms with E-state index in [0.29, 0.717) is 10.9 Å². The summed E-state index contributed by atoms with van der Waals surface area (Å²) >= 11 is 1.60. The number of carbonyl (C=O) groups excluding carboxylic acids is 1. The molecule has 0 aromatic heterocycles. The van der Waals surface area contributed by atoms with Crippen LogP contribution in [0.2, 0.25) is 0 Å². The molecule has 6 heteroatoms. The molecule has 1 amide bonds. The molecule has 1 atom stereocenters. The summed E-state index contributed by atoms with van der Waals surface area (Å²) in [4.78, 5) is 18.2. The molecule has 0 unspecified atom stereocenters. The fourth-order valence-corrected chi connectivity index (χ4v) is 4.94. The number of benzene rings is 3. The fraction of sp³-hybridized carbons (Fsp3) is 0.240. The molecule has 156 valence electrons. The predicted molar refractivity (Wildman–Crippen MR) is 127 cm³/mol. The van der Waals surface area contributed by atoms with Crippen LogP contribution in [-0.2, 0) is 4.79 Å². The zero-order chi connectivity index (χ0) is 21.2. The molecule has 3 aromatic carbocycles. The van der Waals surface area contributed by atoms with Crippen molar-refractivity contribution >= 4 is 39.3 Å². The number of thioether (sulfide) groups is 1. The van der Waals surface area contributed by atoms with Gasteiger partial charge in [0, 0.05) is 16.5 Å². The van der Waals surface area contributed by atoms with E-state index in [1.165, 1.54) is 12.8 Å². The molecule has 2 aliphatic heterocycles. The van der Waals surface area contributed by atoms with E-state index < -0.39 is 6.17 Å². The highest BCUT2D eigenvalue weighted by molar-refractivity contribution is 8.13. The number of rotatable bonds is 5. The molecule has 5 nitrogen and oxygen atoms in total. The zero-order valence-corrected chi connectivity index (χ0v) is 18.2. The first kappa shape index (κ1) is 19.8. The number of carbonyl (C=O) groups is 1. The Morgan fingerprint density at radius 3 is 2.71 bits per heavy atom. The molecular formula is C25H24N4OS. The molecule has 0 radical (unpaired) electrons. The molecular weight excluding hydrogens is 404 g/mol.